The van der Waals surface area contributed by atoms with Crippen molar-refractivity contribution in [3.63, 3.8) is 0 Å². The Labute approximate surface area is 107 Å². The Morgan fingerprint density at radius 3 is 2.12 bits per heavy atom. The summed E-state index contributed by atoms with van der Waals surface area (Å²) in [5, 5.41) is 3.64. The van der Waals surface area contributed by atoms with Gasteiger partial charge in [0.25, 0.3) is 0 Å². The SMILES string of the molecule is COCC(C(C)C)N1CCC(C)NC(C)CC1. The van der Waals surface area contributed by atoms with Crippen LogP contribution in [0.2, 0.25) is 0 Å². The summed E-state index contributed by atoms with van der Waals surface area (Å²) in [5.74, 6) is 0.660. The number of hydrogen-bond donors (Lipinski definition) is 1. The molecule has 17 heavy (non-hydrogen) atoms. The summed E-state index contributed by atoms with van der Waals surface area (Å²) in [6.07, 6.45) is 2.47. The topological polar surface area (TPSA) is 24.5 Å². The van der Waals surface area contributed by atoms with E-state index in [1.165, 1.54) is 25.9 Å². The minimum absolute atomic E-state index is 0.567. The fourth-order valence-corrected chi connectivity index (χ4v) is 2.71. The predicted octanol–water partition coefficient (Wildman–Crippen LogP) is 2.12. The van der Waals surface area contributed by atoms with Gasteiger partial charge in [-0.1, -0.05) is 13.8 Å². The molecule has 0 bridgehead atoms. The van der Waals surface area contributed by atoms with Crippen LogP contribution in [0, 0.1) is 5.92 Å². The van der Waals surface area contributed by atoms with Crippen LogP contribution in [0.5, 0.6) is 0 Å². The van der Waals surface area contributed by atoms with E-state index in [-0.39, 0.29) is 0 Å². The molecule has 0 aromatic carbocycles. The molecule has 102 valence electrons. The fraction of sp³-hybridized carbons (Fsp3) is 1.00. The lowest BCUT2D eigenvalue weighted by Crippen LogP contribution is -2.49. The van der Waals surface area contributed by atoms with Gasteiger partial charge in [0.05, 0.1) is 6.61 Å². The van der Waals surface area contributed by atoms with Crippen LogP contribution >= 0.6 is 0 Å². The maximum absolute atomic E-state index is 5.39. The van der Waals surface area contributed by atoms with Crippen molar-refractivity contribution in [3.05, 3.63) is 0 Å². The molecule has 1 N–H and O–H groups in total. The molecule has 0 spiro atoms. The van der Waals surface area contributed by atoms with E-state index in [1.807, 2.05) is 7.11 Å². The third-order valence-corrected chi connectivity index (χ3v) is 3.84. The molecule has 3 atom stereocenters. The molecule has 1 saturated heterocycles. The molecule has 0 aliphatic carbocycles. The van der Waals surface area contributed by atoms with Gasteiger partial charge in [0.2, 0.25) is 0 Å². The predicted molar refractivity (Wildman–Crippen MR) is 73.4 cm³/mol. The minimum atomic E-state index is 0.567. The first-order valence-corrected chi connectivity index (χ1v) is 7.03. The molecule has 1 aliphatic rings. The zero-order valence-corrected chi connectivity index (χ0v) is 12.2. The molecule has 1 rings (SSSR count). The molecule has 1 aliphatic heterocycles. The highest BCUT2D eigenvalue weighted by Gasteiger charge is 2.24. The van der Waals surface area contributed by atoms with E-state index in [0.29, 0.717) is 24.0 Å². The van der Waals surface area contributed by atoms with Crippen molar-refractivity contribution in [2.45, 2.75) is 58.7 Å². The van der Waals surface area contributed by atoms with E-state index in [2.05, 4.69) is 37.9 Å². The molecule has 3 unspecified atom stereocenters. The second kappa shape index (κ2) is 7.34. The molecule has 3 heteroatoms. The molecule has 3 nitrogen and oxygen atoms in total. The Morgan fingerprint density at radius 2 is 1.71 bits per heavy atom. The van der Waals surface area contributed by atoms with Crippen LogP contribution in [0.1, 0.15) is 40.5 Å². The summed E-state index contributed by atoms with van der Waals surface area (Å²) in [6.45, 7) is 12.4. The summed E-state index contributed by atoms with van der Waals surface area (Å²) in [5.41, 5.74) is 0. The molecule has 1 fully saturated rings. The normalized spacial score (nSPS) is 30.0. The van der Waals surface area contributed by atoms with E-state index in [1.54, 1.807) is 0 Å². The maximum atomic E-state index is 5.39. The summed E-state index contributed by atoms with van der Waals surface area (Å²) in [4.78, 5) is 2.63. The van der Waals surface area contributed by atoms with Crippen molar-refractivity contribution < 1.29 is 4.74 Å². The summed E-state index contributed by atoms with van der Waals surface area (Å²) in [7, 11) is 1.81. The fourth-order valence-electron chi connectivity index (χ4n) is 2.71. The Hall–Kier alpha value is -0.120. The number of nitrogens with one attached hydrogen (secondary N) is 1. The van der Waals surface area contributed by atoms with E-state index < -0.39 is 0 Å². The Kier molecular flexibility index (Phi) is 6.45. The van der Waals surface area contributed by atoms with Gasteiger partial charge in [-0.25, -0.2) is 0 Å². The second-order valence-electron chi connectivity index (χ2n) is 5.85. The Balaban J connectivity index is 2.59. The molecule has 0 aromatic heterocycles. The van der Waals surface area contributed by atoms with E-state index in [4.69, 9.17) is 4.74 Å². The molecule has 0 saturated carbocycles. The van der Waals surface area contributed by atoms with Crippen molar-refractivity contribution in [2.24, 2.45) is 5.92 Å². The minimum Gasteiger partial charge on any atom is -0.383 e. The van der Waals surface area contributed by atoms with E-state index in [0.717, 1.165) is 6.61 Å². The molecule has 0 radical (unpaired) electrons. The average Bonchev–Trinajstić information content (AvgIpc) is 2.24. The standard InChI is InChI=1S/C14H30N2O/c1-11(2)14(10-17-5)16-8-6-12(3)15-13(4)7-9-16/h11-15H,6-10H2,1-5H3. The van der Waals surface area contributed by atoms with Crippen LogP contribution in [-0.2, 0) is 4.74 Å². The van der Waals surface area contributed by atoms with Gasteiger partial charge in [-0.2, -0.15) is 0 Å². The monoisotopic (exact) mass is 242 g/mol. The molecular formula is C14H30N2O. The third kappa shape index (κ3) is 4.94. The third-order valence-electron chi connectivity index (χ3n) is 3.84. The van der Waals surface area contributed by atoms with Crippen molar-refractivity contribution >= 4 is 0 Å². The molecular weight excluding hydrogens is 212 g/mol. The number of rotatable bonds is 4. The lowest BCUT2D eigenvalue weighted by Gasteiger charge is -2.37. The second-order valence-corrected chi connectivity index (χ2v) is 5.85. The highest BCUT2D eigenvalue weighted by Crippen LogP contribution is 2.15. The van der Waals surface area contributed by atoms with Gasteiger partial charge in [0, 0.05) is 38.3 Å². The van der Waals surface area contributed by atoms with Gasteiger partial charge in [-0.3, -0.25) is 4.90 Å². The zero-order chi connectivity index (χ0) is 12.8. The largest absolute Gasteiger partial charge is 0.383 e. The summed E-state index contributed by atoms with van der Waals surface area (Å²) in [6, 6.07) is 1.82. The van der Waals surface area contributed by atoms with Crippen molar-refractivity contribution in [2.75, 3.05) is 26.8 Å². The number of nitrogens with zero attached hydrogens (tertiary/aromatic N) is 1. The van der Waals surface area contributed by atoms with Crippen molar-refractivity contribution in [3.8, 4) is 0 Å². The van der Waals surface area contributed by atoms with Gasteiger partial charge in [0.1, 0.15) is 0 Å². The zero-order valence-electron chi connectivity index (χ0n) is 12.2. The average molecular weight is 242 g/mol. The number of methoxy groups -OCH3 is 1. The Morgan fingerprint density at radius 1 is 1.18 bits per heavy atom. The highest BCUT2D eigenvalue weighted by atomic mass is 16.5. The number of ether oxygens (including phenoxy) is 1. The van der Waals surface area contributed by atoms with Gasteiger partial charge in [0.15, 0.2) is 0 Å². The van der Waals surface area contributed by atoms with Crippen LogP contribution in [0.25, 0.3) is 0 Å². The van der Waals surface area contributed by atoms with Crippen LogP contribution in [0.3, 0.4) is 0 Å². The van der Waals surface area contributed by atoms with Gasteiger partial charge in [-0.15, -0.1) is 0 Å². The first-order chi connectivity index (χ1) is 8.04. The van der Waals surface area contributed by atoms with Crippen molar-refractivity contribution in [1.82, 2.24) is 10.2 Å². The highest BCUT2D eigenvalue weighted by molar-refractivity contribution is 4.81. The Bertz CT molecular complexity index is 196. The lowest BCUT2D eigenvalue weighted by molar-refractivity contribution is 0.0547. The smallest absolute Gasteiger partial charge is 0.0620 e. The van der Waals surface area contributed by atoms with Gasteiger partial charge in [-0.05, 0) is 32.6 Å². The molecule has 0 aromatic rings. The lowest BCUT2D eigenvalue weighted by atomic mass is 10.0. The first kappa shape index (κ1) is 14.9. The summed E-state index contributed by atoms with van der Waals surface area (Å²) >= 11 is 0. The van der Waals surface area contributed by atoms with Crippen LogP contribution in [0.4, 0.5) is 0 Å². The van der Waals surface area contributed by atoms with E-state index in [9.17, 15) is 0 Å². The van der Waals surface area contributed by atoms with Gasteiger partial charge >= 0.3 is 0 Å². The van der Waals surface area contributed by atoms with Gasteiger partial charge < -0.3 is 10.1 Å². The molecule has 1 heterocycles. The van der Waals surface area contributed by atoms with E-state index >= 15 is 0 Å². The summed E-state index contributed by atoms with van der Waals surface area (Å²) < 4.78 is 5.39. The van der Waals surface area contributed by atoms with Crippen LogP contribution < -0.4 is 5.32 Å². The number of hydrogen-bond acceptors (Lipinski definition) is 3. The molecule has 0 amide bonds. The van der Waals surface area contributed by atoms with Crippen LogP contribution in [0.15, 0.2) is 0 Å². The maximum Gasteiger partial charge on any atom is 0.0620 e. The first-order valence-electron chi connectivity index (χ1n) is 7.03. The van der Waals surface area contributed by atoms with Crippen molar-refractivity contribution in [1.29, 1.82) is 0 Å². The quantitative estimate of drug-likeness (QED) is 0.817. The van der Waals surface area contributed by atoms with Crippen LogP contribution in [-0.4, -0.2) is 49.8 Å².